The van der Waals surface area contributed by atoms with Gasteiger partial charge in [0.2, 0.25) is 0 Å². The van der Waals surface area contributed by atoms with Gasteiger partial charge in [-0.3, -0.25) is 0 Å². The quantitative estimate of drug-likeness (QED) is 0.920. The Morgan fingerprint density at radius 3 is 2.45 bits per heavy atom. The van der Waals surface area contributed by atoms with Crippen LogP contribution in [-0.2, 0) is 10.2 Å². The standard InChI is InChI=1S/C16H27N5O/c1-11(10-16(5,6)22-7)17-12-8-9-13-18-19-14(15(2,3)4)21(13)20-12/h8-9,11H,10H2,1-7H3,(H,17,20). The highest BCUT2D eigenvalue weighted by molar-refractivity contribution is 5.44. The molecule has 0 saturated heterocycles. The van der Waals surface area contributed by atoms with E-state index in [9.17, 15) is 0 Å². The zero-order valence-corrected chi connectivity index (χ0v) is 14.6. The van der Waals surface area contributed by atoms with Crippen molar-refractivity contribution < 1.29 is 4.74 Å². The summed E-state index contributed by atoms with van der Waals surface area (Å²) in [7, 11) is 1.74. The van der Waals surface area contributed by atoms with E-state index in [4.69, 9.17) is 4.74 Å². The first kappa shape index (κ1) is 16.7. The first-order valence-electron chi connectivity index (χ1n) is 7.67. The zero-order chi connectivity index (χ0) is 16.5. The molecule has 22 heavy (non-hydrogen) atoms. The van der Waals surface area contributed by atoms with Gasteiger partial charge < -0.3 is 10.1 Å². The van der Waals surface area contributed by atoms with Crippen molar-refractivity contribution >= 4 is 11.5 Å². The van der Waals surface area contributed by atoms with Crippen molar-refractivity contribution in [1.29, 1.82) is 0 Å². The van der Waals surface area contributed by atoms with Crippen LogP contribution in [0, 0.1) is 0 Å². The monoisotopic (exact) mass is 305 g/mol. The Morgan fingerprint density at radius 1 is 1.18 bits per heavy atom. The van der Waals surface area contributed by atoms with E-state index in [1.165, 1.54) is 0 Å². The SMILES string of the molecule is COC(C)(C)CC(C)Nc1ccc2nnc(C(C)(C)C)n2n1. The fraction of sp³-hybridized carbons (Fsp3) is 0.688. The Balaban J connectivity index is 2.22. The lowest BCUT2D eigenvalue weighted by molar-refractivity contribution is 0.0127. The molecular formula is C16H27N5O. The van der Waals surface area contributed by atoms with Gasteiger partial charge in [-0.2, -0.15) is 4.52 Å². The molecule has 6 heteroatoms. The van der Waals surface area contributed by atoms with Crippen molar-refractivity contribution in [3.63, 3.8) is 0 Å². The molecule has 122 valence electrons. The number of anilines is 1. The van der Waals surface area contributed by atoms with Crippen molar-refractivity contribution in [2.45, 2.75) is 65.0 Å². The number of ether oxygens (including phenoxy) is 1. The fourth-order valence-electron chi connectivity index (χ4n) is 2.46. The molecule has 0 radical (unpaired) electrons. The number of rotatable bonds is 5. The van der Waals surface area contributed by atoms with E-state index in [0.717, 1.165) is 23.7 Å². The third-order valence-corrected chi connectivity index (χ3v) is 3.68. The normalized spacial score (nSPS) is 14.3. The van der Waals surface area contributed by atoms with Crippen LogP contribution in [0.4, 0.5) is 5.82 Å². The molecule has 0 aromatic carbocycles. The molecule has 0 saturated carbocycles. The summed E-state index contributed by atoms with van der Waals surface area (Å²) >= 11 is 0. The number of hydrogen-bond donors (Lipinski definition) is 1. The van der Waals surface area contributed by atoms with Crippen LogP contribution in [0.1, 0.15) is 53.8 Å². The number of methoxy groups -OCH3 is 1. The number of nitrogens with zero attached hydrogens (tertiary/aromatic N) is 4. The maximum Gasteiger partial charge on any atom is 0.178 e. The lowest BCUT2D eigenvalue weighted by atomic mass is 9.96. The van der Waals surface area contributed by atoms with E-state index in [0.29, 0.717) is 0 Å². The molecular weight excluding hydrogens is 278 g/mol. The van der Waals surface area contributed by atoms with Gasteiger partial charge in [0, 0.05) is 18.6 Å². The van der Waals surface area contributed by atoms with Crippen LogP contribution >= 0.6 is 0 Å². The predicted molar refractivity (Wildman–Crippen MR) is 88.3 cm³/mol. The summed E-state index contributed by atoms with van der Waals surface area (Å²) in [6.07, 6.45) is 0.886. The first-order chi connectivity index (χ1) is 10.1. The highest BCUT2D eigenvalue weighted by atomic mass is 16.5. The Hall–Kier alpha value is -1.69. The second-order valence-corrected chi connectivity index (χ2v) is 7.48. The van der Waals surface area contributed by atoms with Crippen molar-refractivity contribution in [3.8, 4) is 0 Å². The minimum absolute atomic E-state index is 0.102. The molecule has 6 nitrogen and oxygen atoms in total. The maximum absolute atomic E-state index is 5.48. The highest BCUT2D eigenvalue weighted by Gasteiger charge is 2.23. The fourth-order valence-corrected chi connectivity index (χ4v) is 2.46. The smallest absolute Gasteiger partial charge is 0.178 e. The average molecular weight is 305 g/mol. The van der Waals surface area contributed by atoms with Gasteiger partial charge in [0.05, 0.1) is 5.60 Å². The summed E-state index contributed by atoms with van der Waals surface area (Å²) in [5.74, 6) is 1.67. The molecule has 0 aliphatic heterocycles. The second-order valence-electron chi connectivity index (χ2n) is 7.48. The lowest BCUT2D eigenvalue weighted by Crippen LogP contribution is -2.31. The van der Waals surface area contributed by atoms with E-state index in [1.807, 2.05) is 16.6 Å². The van der Waals surface area contributed by atoms with E-state index in [-0.39, 0.29) is 17.1 Å². The average Bonchev–Trinajstić information content (AvgIpc) is 2.80. The molecule has 0 amide bonds. The topological polar surface area (TPSA) is 64.3 Å². The summed E-state index contributed by atoms with van der Waals surface area (Å²) in [4.78, 5) is 0. The molecule has 2 aromatic rings. The molecule has 2 heterocycles. The van der Waals surface area contributed by atoms with Crippen LogP contribution in [0.2, 0.25) is 0 Å². The number of nitrogens with one attached hydrogen (secondary N) is 1. The molecule has 1 N–H and O–H groups in total. The number of aromatic nitrogens is 4. The molecule has 0 fully saturated rings. The van der Waals surface area contributed by atoms with Gasteiger partial charge in [-0.05, 0) is 39.3 Å². The molecule has 2 aromatic heterocycles. The zero-order valence-electron chi connectivity index (χ0n) is 14.6. The van der Waals surface area contributed by atoms with Crippen molar-refractivity contribution in [3.05, 3.63) is 18.0 Å². The van der Waals surface area contributed by atoms with Crippen molar-refractivity contribution in [2.75, 3.05) is 12.4 Å². The summed E-state index contributed by atoms with van der Waals surface area (Å²) in [5.41, 5.74) is 0.499. The molecule has 0 spiro atoms. The van der Waals surface area contributed by atoms with Crippen LogP contribution in [0.3, 0.4) is 0 Å². The predicted octanol–water partition coefficient (Wildman–Crippen LogP) is 3.04. The third kappa shape index (κ3) is 3.74. The summed E-state index contributed by atoms with van der Waals surface area (Å²) < 4.78 is 7.30. The molecule has 0 aliphatic rings. The van der Waals surface area contributed by atoms with Crippen LogP contribution in [0.25, 0.3) is 5.65 Å². The Bertz CT molecular complexity index is 642. The molecule has 1 atom stereocenters. The van der Waals surface area contributed by atoms with Gasteiger partial charge in [0.15, 0.2) is 11.5 Å². The van der Waals surface area contributed by atoms with Gasteiger partial charge >= 0.3 is 0 Å². The molecule has 0 bridgehead atoms. The van der Waals surface area contributed by atoms with Gasteiger partial charge in [0.25, 0.3) is 0 Å². The molecule has 0 aliphatic carbocycles. The summed E-state index contributed by atoms with van der Waals surface area (Å²) in [6.45, 7) is 12.6. The van der Waals surface area contributed by atoms with E-state index >= 15 is 0 Å². The van der Waals surface area contributed by atoms with E-state index < -0.39 is 0 Å². The largest absolute Gasteiger partial charge is 0.379 e. The maximum atomic E-state index is 5.48. The van der Waals surface area contributed by atoms with Crippen LogP contribution < -0.4 is 5.32 Å². The highest BCUT2D eigenvalue weighted by Crippen LogP contribution is 2.22. The molecule has 2 rings (SSSR count). The van der Waals surface area contributed by atoms with Gasteiger partial charge in [-0.15, -0.1) is 15.3 Å². The Labute approximate surface area is 132 Å². The minimum Gasteiger partial charge on any atom is -0.379 e. The second kappa shape index (κ2) is 5.83. The summed E-state index contributed by atoms with van der Waals surface area (Å²) in [5, 5.41) is 16.5. The summed E-state index contributed by atoms with van der Waals surface area (Å²) in [6, 6.07) is 4.12. The van der Waals surface area contributed by atoms with Gasteiger partial charge in [0.1, 0.15) is 5.82 Å². The van der Waals surface area contributed by atoms with Crippen molar-refractivity contribution in [2.24, 2.45) is 0 Å². The Kier molecular flexibility index (Phi) is 4.42. The van der Waals surface area contributed by atoms with Gasteiger partial charge in [-0.25, -0.2) is 0 Å². The van der Waals surface area contributed by atoms with Crippen LogP contribution in [0.15, 0.2) is 12.1 Å². The number of fused-ring (bicyclic) bond motifs is 1. The van der Waals surface area contributed by atoms with E-state index in [1.54, 1.807) is 7.11 Å². The van der Waals surface area contributed by atoms with Crippen LogP contribution in [-0.4, -0.2) is 38.6 Å². The molecule has 1 unspecified atom stereocenters. The lowest BCUT2D eigenvalue weighted by Gasteiger charge is -2.27. The Morgan fingerprint density at radius 2 is 1.86 bits per heavy atom. The van der Waals surface area contributed by atoms with Crippen molar-refractivity contribution in [1.82, 2.24) is 19.8 Å². The van der Waals surface area contributed by atoms with Crippen LogP contribution in [0.5, 0.6) is 0 Å². The third-order valence-electron chi connectivity index (χ3n) is 3.68. The van der Waals surface area contributed by atoms with E-state index in [2.05, 4.69) is 62.2 Å². The first-order valence-corrected chi connectivity index (χ1v) is 7.67. The number of hydrogen-bond acceptors (Lipinski definition) is 5. The minimum atomic E-state index is -0.163. The van der Waals surface area contributed by atoms with Gasteiger partial charge in [-0.1, -0.05) is 20.8 Å².